The fourth-order valence-electron chi connectivity index (χ4n) is 1.59. The highest BCUT2D eigenvalue weighted by Crippen LogP contribution is 2.06. The summed E-state index contributed by atoms with van der Waals surface area (Å²) >= 11 is 0. The maximum Gasteiger partial charge on any atom is 0.149 e. The van der Waals surface area contributed by atoms with Gasteiger partial charge in [0.05, 0.1) is 18.8 Å². The topological polar surface area (TPSA) is 72.2 Å². The van der Waals surface area contributed by atoms with E-state index in [2.05, 4.69) is 29.4 Å². The zero-order valence-corrected chi connectivity index (χ0v) is 11.6. The van der Waals surface area contributed by atoms with Crippen molar-refractivity contribution in [2.45, 2.75) is 32.9 Å². The zero-order valence-electron chi connectivity index (χ0n) is 11.6. The molecule has 2 N–H and O–H groups in total. The van der Waals surface area contributed by atoms with E-state index in [1.807, 2.05) is 18.5 Å². The Kier molecular flexibility index (Phi) is 6.24. The largest absolute Gasteiger partial charge is 0.389 e. The number of aromatic nitrogens is 3. The zero-order chi connectivity index (χ0) is 13.5. The summed E-state index contributed by atoms with van der Waals surface area (Å²) in [6.07, 6.45) is 1.16. The first-order chi connectivity index (χ1) is 8.50. The van der Waals surface area contributed by atoms with E-state index in [9.17, 15) is 5.11 Å². The van der Waals surface area contributed by atoms with Gasteiger partial charge < -0.3 is 19.7 Å². The quantitative estimate of drug-likeness (QED) is 0.708. The SMILES string of the molecule is CC(C)COCC(O)CNC(C)c1nncn1C. The lowest BCUT2D eigenvalue weighted by Gasteiger charge is -2.17. The molecule has 1 aromatic heterocycles. The third-order valence-corrected chi connectivity index (χ3v) is 2.55. The Hall–Kier alpha value is -0.980. The van der Waals surface area contributed by atoms with E-state index in [0.717, 1.165) is 5.82 Å². The Morgan fingerprint density at radius 1 is 1.39 bits per heavy atom. The highest BCUT2D eigenvalue weighted by Gasteiger charge is 2.13. The summed E-state index contributed by atoms with van der Waals surface area (Å²) in [6, 6.07) is 0.0530. The fraction of sp³-hybridized carbons (Fsp3) is 0.833. The third kappa shape index (κ3) is 5.12. The van der Waals surface area contributed by atoms with Crippen molar-refractivity contribution in [1.82, 2.24) is 20.1 Å². The predicted molar refractivity (Wildman–Crippen MR) is 69.1 cm³/mol. The minimum atomic E-state index is -0.501. The molecule has 104 valence electrons. The van der Waals surface area contributed by atoms with Crippen molar-refractivity contribution in [3.8, 4) is 0 Å². The summed E-state index contributed by atoms with van der Waals surface area (Å²) in [6.45, 7) is 7.67. The van der Waals surface area contributed by atoms with Crippen molar-refractivity contribution >= 4 is 0 Å². The highest BCUT2D eigenvalue weighted by molar-refractivity contribution is 4.92. The normalized spacial score (nSPS) is 15.0. The number of ether oxygens (including phenoxy) is 1. The molecule has 18 heavy (non-hydrogen) atoms. The van der Waals surface area contributed by atoms with Gasteiger partial charge in [-0.15, -0.1) is 10.2 Å². The predicted octanol–water partition coefficient (Wildman–Crippen LogP) is 0.499. The smallest absolute Gasteiger partial charge is 0.149 e. The molecule has 0 saturated carbocycles. The molecule has 2 atom stereocenters. The second-order valence-electron chi connectivity index (χ2n) is 5.02. The van der Waals surface area contributed by atoms with E-state index in [1.54, 1.807) is 6.33 Å². The van der Waals surface area contributed by atoms with Crippen molar-refractivity contribution in [1.29, 1.82) is 0 Å². The fourth-order valence-corrected chi connectivity index (χ4v) is 1.59. The van der Waals surface area contributed by atoms with E-state index in [0.29, 0.717) is 25.7 Å². The summed E-state index contributed by atoms with van der Waals surface area (Å²) in [5.41, 5.74) is 0. The van der Waals surface area contributed by atoms with Crippen LogP contribution in [0.4, 0.5) is 0 Å². The number of rotatable bonds is 8. The minimum absolute atomic E-state index is 0.0530. The average molecular weight is 256 g/mol. The molecular weight excluding hydrogens is 232 g/mol. The van der Waals surface area contributed by atoms with Crippen molar-refractivity contribution in [3.63, 3.8) is 0 Å². The Balaban J connectivity index is 2.22. The summed E-state index contributed by atoms with van der Waals surface area (Å²) in [4.78, 5) is 0. The van der Waals surface area contributed by atoms with Gasteiger partial charge in [-0.3, -0.25) is 0 Å². The van der Waals surface area contributed by atoms with Crippen molar-refractivity contribution in [2.75, 3.05) is 19.8 Å². The van der Waals surface area contributed by atoms with Crippen LogP contribution < -0.4 is 5.32 Å². The summed E-state index contributed by atoms with van der Waals surface area (Å²) in [7, 11) is 1.90. The van der Waals surface area contributed by atoms with Gasteiger partial charge in [0.2, 0.25) is 0 Å². The summed E-state index contributed by atoms with van der Waals surface area (Å²) in [5, 5.41) is 20.8. The molecule has 0 bridgehead atoms. The maximum atomic E-state index is 9.75. The van der Waals surface area contributed by atoms with Crippen molar-refractivity contribution in [2.24, 2.45) is 13.0 Å². The first kappa shape index (κ1) is 15.1. The molecule has 0 aliphatic rings. The van der Waals surface area contributed by atoms with Crippen LogP contribution in [0.15, 0.2) is 6.33 Å². The molecule has 6 nitrogen and oxygen atoms in total. The lowest BCUT2D eigenvalue weighted by atomic mass is 10.2. The van der Waals surface area contributed by atoms with E-state index in [-0.39, 0.29) is 6.04 Å². The number of aliphatic hydroxyl groups is 1. The molecule has 1 heterocycles. The van der Waals surface area contributed by atoms with Gasteiger partial charge in [0.25, 0.3) is 0 Å². The molecule has 1 rings (SSSR count). The second-order valence-corrected chi connectivity index (χ2v) is 5.02. The van der Waals surface area contributed by atoms with Gasteiger partial charge in [-0.2, -0.15) is 0 Å². The Bertz CT molecular complexity index is 341. The molecule has 2 unspecified atom stereocenters. The lowest BCUT2D eigenvalue weighted by Crippen LogP contribution is -2.33. The van der Waals surface area contributed by atoms with Crippen LogP contribution >= 0.6 is 0 Å². The second kappa shape index (κ2) is 7.45. The number of aliphatic hydroxyl groups excluding tert-OH is 1. The van der Waals surface area contributed by atoms with Crippen LogP contribution in [0.2, 0.25) is 0 Å². The van der Waals surface area contributed by atoms with Gasteiger partial charge in [0.15, 0.2) is 0 Å². The first-order valence-electron chi connectivity index (χ1n) is 6.33. The number of nitrogens with one attached hydrogen (secondary N) is 1. The molecule has 6 heteroatoms. The van der Waals surface area contributed by atoms with Crippen LogP contribution in [0, 0.1) is 5.92 Å². The Morgan fingerprint density at radius 2 is 2.11 bits per heavy atom. The van der Waals surface area contributed by atoms with Crippen LogP contribution in [-0.2, 0) is 11.8 Å². The van der Waals surface area contributed by atoms with Gasteiger partial charge in [-0.05, 0) is 12.8 Å². The molecule has 0 fully saturated rings. The van der Waals surface area contributed by atoms with Crippen LogP contribution in [0.1, 0.15) is 32.6 Å². The van der Waals surface area contributed by atoms with Gasteiger partial charge in [0.1, 0.15) is 12.2 Å². The standard InChI is InChI=1S/C12H24N4O2/c1-9(2)6-18-7-11(17)5-13-10(3)12-15-14-8-16(12)4/h8-11,13,17H,5-7H2,1-4H3. The van der Waals surface area contributed by atoms with Crippen molar-refractivity contribution < 1.29 is 9.84 Å². The van der Waals surface area contributed by atoms with Crippen molar-refractivity contribution in [3.05, 3.63) is 12.2 Å². The molecule has 0 aliphatic carbocycles. The van der Waals surface area contributed by atoms with Crippen LogP contribution in [0.25, 0.3) is 0 Å². The van der Waals surface area contributed by atoms with Gasteiger partial charge in [-0.25, -0.2) is 0 Å². The number of nitrogens with zero attached hydrogens (tertiary/aromatic N) is 3. The number of hydrogen-bond acceptors (Lipinski definition) is 5. The number of aryl methyl sites for hydroxylation is 1. The molecule has 0 aliphatic heterocycles. The number of hydrogen-bond donors (Lipinski definition) is 2. The van der Waals surface area contributed by atoms with Crippen LogP contribution in [0.3, 0.4) is 0 Å². The summed E-state index contributed by atoms with van der Waals surface area (Å²) in [5.74, 6) is 1.34. The first-order valence-corrected chi connectivity index (χ1v) is 6.33. The van der Waals surface area contributed by atoms with E-state index < -0.39 is 6.10 Å². The molecule has 1 aromatic rings. The molecule has 0 spiro atoms. The average Bonchev–Trinajstić information content (AvgIpc) is 2.72. The van der Waals surface area contributed by atoms with Gasteiger partial charge >= 0.3 is 0 Å². The molecule has 0 radical (unpaired) electrons. The van der Waals surface area contributed by atoms with Crippen LogP contribution in [-0.4, -0.2) is 45.7 Å². The van der Waals surface area contributed by atoms with E-state index in [4.69, 9.17) is 4.74 Å². The molecule has 0 amide bonds. The monoisotopic (exact) mass is 256 g/mol. The van der Waals surface area contributed by atoms with E-state index >= 15 is 0 Å². The Labute approximate surface area is 108 Å². The maximum absolute atomic E-state index is 9.75. The van der Waals surface area contributed by atoms with Gasteiger partial charge in [0, 0.05) is 20.2 Å². The van der Waals surface area contributed by atoms with Gasteiger partial charge in [-0.1, -0.05) is 13.8 Å². The van der Waals surface area contributed by atoms with E-state index in [1.165, 1.54) is 0 Å². The lowest BCUT2D eigenvalue weighted by molar-refractivity contribution is 0.0250. The minimum Gasteiger partial charge on any atom is -0.389 e. The molecular formula is C12H24N4O2. The van der Waals surface area contributed by atoms with Crippen LogP contribution in [0.5, 0.6) is 0 Å². The highest BCUT2D eigenvalue weighted by atomic mass is 16.5. The molecule has 0 saturated heterocycles. The third-order valence-electron chi connectivity index (χ3n) is 2.55. The molecule has 0 aromatic carbocycles. The summed E-state index contributed by atoms with van der Waals surface area (Å²) < 4.78 is 7.24. The Morgan fingerprint density at radius 3 is 2.67 bits per heavy atom.